The summed E-state index contributed by atoms with van der Waals surface area (Å²) in [4.78, 5) is 14.3. The summed E-state index contributed by atoms with van der Waals surface area (Å²) < 4.78 is 1.73. The van der Waals surface area contributed by atoms with Gasteiger partial charge in [0.05, 0.1) is 5.60 Å². The Morgan fingerprint density at radius 2 is 2.38 bits per heavy atom. The molecule has 0 unspecified atom stereocenters. The molecule has 0 spiro atoms. The van der Waals surface area contributed by atoms with Crippen LogP contribution in [-0.4, -0.2) is 26.5 Å². The molecule has 4 nitrogen and oxygen atoms in total. The summed E-state index contributed by atoms with van der Waals surface area (Å²) in [7, 11) is 0. The van der Waals surface area contributed by atoms with Crippen molar-refractivity contribution >= 4 is 6.29 Å². The highest BCUT2D eigenvalue weighted by molar-refractivity contribution is 5.69. The maximum absolute atomic E-state index is 10.5. The molecule has 0 aromatic carbocycles. The van der Waals surface area contributed by atoms with Crippen LogP contribution in [0.1, 0.15) is 30.9 Å². The van der Waals surface area contributed by atoms with Crippen LogP contribution >= 0.6 is 0 Å². The third-order valence-electron chi connectivity index (χ3n) is 1.82. The van der Waals surface area contributed by atoms with Crippen molar-refractivity contribution in [3.63, 3.8) is 0 Å². The fourth-order valence-corrected chi connectivity index (χ4v) is 1.02. The lowest BCUT2D eigenvalue weighted by Gasteiger charge is -2.17. The van der Waals surface area contributed by atoms with Crippen LogP contribution in [0.3, 0.4) is 0 Å². The maximum Gasteiger partial charge on any atom is 0.185 e. The summed E-state index contributed by atoms with van der Waals surface area (Å²) in [5.74, 6) is 0.407. The monoisotopic (exact) mass is 182 g/mol. The first-order valence-electron chi connectivity index (χ1n) is 4.21. The molecule has 0 saturated heterocycles. The highest BCUT2D eigenvalue weighted by Gasteiger charge is 2.12. The molecule has 4 heteroatoms. The van der Waals surface area contributed by atoms with Gasteiger partial charge in [-0.25, -0.2) is 4.98 Å². The molecule has 0 aliphatic rings. The molecule has 0 bridgehead atoms. The van der Waals surface area contributed by atoms with Crippen LogP contribution in [0, 0.1) is 0 Å². The Kier molecular flexibility index (Phi) is 2.83. The number of nitrogens with zero attached hydrogens (tertiary/aromatic N) is 2. The largest absolute Gasteiger partial charge is 0.390 e. The zero-order valence-electron chi connectivity index (χ0n) is 7.90. The average Bonchev–Trinajstić information content (AvgIpc) is 2.46. The van der Waals surface area contributed by atoms with E-state index in [0.717, 1.165) is 0 Å². The highest BCUT2D eigenvalue weighted by Crippen LogP contribution is 2.09. The molecule has 1 heterocycles. The predicted molar refractivity (Wildman–Crippen MR) is 48.5 cm³/mol. The lowest BCUT2D eigenvalue weighted by molar-refractivity contribution is 0.0658. The van der Waals surface area contributed by atoms with Crippen molar-refractivity contribution in [3.8, 4) is 0 Å². The molecule has 0 fully saturated rings. The number of imidazole rings is 1. The fraction of sp³-hybridized carbons (Fsp3) is 0.556. The third-order valence-corrected chi connectivity index (χ3v) is 1.82. The van der Waals surface area contributed by atoms with Gasteiger partial charge in [0.2, 0.25) is 0 Å². The third kappa shape index (κ3) is 2.99. The second-order valence-electron chi connectivity index (χ2n) is 3.66. The summed E-state index contributed by atoms with van der Waals surface area (Å²) in [6, 6.07) is 0. The molecular formula is C9H14N2O2. The van der Waals surface area contributed by atoms with Gasteiger partial charge in [-0.15, -0.1) is 0 Å². The number of aryl methyl sites for hydroxylation is 1. The molecule has 13 heavy (non-hydrogen) atoms. The normalized spacial score (nSPS) is 11.6. The van der Waals surface area contributed by atoms with Gasteiger partial charge in [-0.3, -0.25) is 4.79 Å². The number of hydrogen-bond donors (Lipinski definition) is 1. The zero-order valence-corrected chi connectivity index (χ0v) is 7.90. The van der Waals surface area contributed by atoms with Crippen LogP contribution in [-0.2, 0) is 6.54 Å². The Morgan fingerprint density at radius 1 is 1.69 bits per heavy atom. The number of aliphatic hydroxyl groups is 1. The first-order chi connectivity index (χ1) is 6.03. The SMILES string of the molecule is CC(C)(O)CCn1ccnc1C=O. The van der Waals surface area contributed by atoms with E-state index >= 15 is 0 Å². The minimum Gasteiger partial charge on any atom is -0.390 e. The van der Waals surface area contributed by atoms with Crippen molar-refractivity contribution in [2.24, 2.45) is 0 Å². The van der Waals surface area contributed by atoms with Gasteiger partial charge in [-0.1, -0.05) is 0 Å². The average molecular weight is 182 g/mol. The summed E-state index contributed by atoms with van der Waals surface area (Å²) in [5.41, 5.74) is -0.704. The van der Waals surface area contributed by atoms with E-state index in [-0.39, 0.29) is 0 Å². The van der Waals surface area contributed by atoms with E-state index in [9.17, 15) is 9.90 Å². The summed E-state index contributed by atoms with van der Waals surface area (Å²) in [6.45, 7) is 4.09. The molecule has 0 aliphatic heterocycles. The number of carbonyl (C=O) groups excluding carboxylic acids is 1. The standard InChI is InChI=1S/C9H14N2O2/c1-9(2,13)3-5-11-6-4-10-8(11)7-12/h4,6-7,13H,3,5H2,1-2H3. The summed E-state index contributed by atoms with van der Waals surface area (Å²) >= 11 is 0. The summed E-state index contributed by atoms with van der Waals surface area (Å²) in [6.07, 6.45) is 4.62. The van der Waals surface area contributed by atoms with Crippen LogP contribution in [0.5, 0.6) is 0 Å². The van der Waals surface area contributed by atoms with Crippen molar-refractivity contribution < 1.29 is 9.90 Å². The quantitative estimate of drug-likeness (QED) is 0.702. The second kappa shape index (κ2) is 3.70. The van der Waals surface area contributed by atoms with Crippen molar-refractivity contribution in [2.45, 2.75) is 32.4 Å². The van der Waals surface area contributed by atoms with E-state index in [1.165, 1.54) is 0 Å². The van der Waals surface area contributed by atoms with Crippen molar-refractivity contribution in [1.29, 1.82) is 0 Å². The second-order valence-corrected chi connectivity index (χ2v) is 3.66. The van der Waals surface area contributed by atoms with Gasteiger partial charge in [0, 0.05) is 18.9 Å². The van der Waals surface area contributed by atoms with E-state index in [4.69, 9.17) is 0 Å². The minimum absolute atomic E-state index is 0.407. The van der Waals surface area contributed by atoms with Crippen LogP contribution in [0.4, 0.5) is 0 Å². The van der Waals surface area contributed by atoms with Crippen molar-refractivity contribution in [2.75, 3.05) is 0 Å². The van der Waals surface area contributed by atoms with E-state index in [0.29, 0.717) is 25.1 Å². The van der Waals surface area contributed by atoms with E-state index in [1.807, 2.05) is 0 Å². The summed E-state index contributed by atoms with van der Waals surface area (Å²) in [5, 5.41) is 9.46. The molecule has 1 N–H and O–H groups in total. The first-order valence-corrected chi connectivity index (χ1v) is 4.21. The van der Waals surface area contributed by atoms with Crippen molar-refractivity contribution in [1.82, 2.24) is 9.55 Å². The number of aromatic nitrogens is 2. The number of aldehydes is 1. The van der Waals surface area contributed by atoms with Crippen LogP contribution in [0.2, 0.25) is 0 Å². The maximum atomic E-state index is 10.5. The topological polar surface area (TPSA) is 55.1 Å². The molecule has 1 aromatic rings. The van der Waals surface area contributed by atoms with Crippen LogP contribution in [0.15, 0.2) is 12.4 Å². The van der Waals surface area contributed by atoms with Gasteiger partial charge in [-0.2, -0.15) is 0 Å². The molecular weight excluding hydrogens is 168 g/mol. The Bertz CT molecular complexity index is 286. The molecule has 0 atom stereocenters. The van der Waals surface area contributed by atoms with Crippen molar-refractivity contribution in [3.05, 3.63) is 18.2 Å². The number of hydrogen-bond acceptors (Lipinski definition) is 3. The van der Waals surface area contributed by atoms with E-state index in [1.54, 1.807) is 30.8 Å². The Morgan fingerprint density at radius 3 is 2.92 bits per heavy atom. The molecule has 72 valence electrons. The Hall–Kier alpha value is -1.16. The predicted octanol–water partition coefficient (Wildman–Crippen LogP) is 0.857. The van der Waals surface area contributed by atoms with Crippen LogP contribution in [0.25, 0.3) is 0 Å². The molecule has 0 radical (unpaired) electrons. The Balaban J connectivity index is 2.59. The highest BCUT2D eigenvalue weighted by atomic mass is 16.3. The number of carbonyl (C=O) groups is 1. The first kappa shape index (κ1) is 9.92. The van der Waals surface area contributed by atoms with Gasteiger partial charge in [-0.05, 0) is 20.3 Å². The van der Waals surface area contributed by atoms with Gasteiger partial charge < -0.3 is 9.67 Å². The molecule has 1 rings (SSSR count). The molecule has 0 aliphatic carbocycles. The van der Waals surface area contributed by atoms with Gasteiger partial charge >= 0.3 is 0 Å². The lowest BCUT2D eigenvalue weighted by atomic mass is 10.1. The van der Waals surface area contributed by atoms with Gasteiger partial charge in [0.1, 0.15) is 0 Å². The lowest BCUT2D eigenvalue weighted by Crippen LogP contribution is -2.21. The molecule has 1 aromatic heterocycles. The van der Waals surface area contributed by atoms with Gasteiger partial charge in [0.15, 0.2) is 12.1 Å². The molecule has 0 saturated carbocycles. The van der Waals surface area contributed by atoms with E-state index < -0.39 is 5.60 Å². The molecule has 0 amide bonds. The minimum atomic E-state index is -0.704. The Labute approximate surface area is 77.2 Å². The zero-order chi connectivity index (χ0) is 9.90. The fourth-order valence-electron chi connectivity index (χ4n) is 1.02. The number of rotatable bonds is 4. The van der Waals surface area contributed by atoms with Gasteiger partial charge in [0.25, 0.3) is 0 Å². The van der Waals surface area contributed by atoms with E-state index in [2.05, 4.69) is 4.98 Å². The van der Waals surface area contributed by atoms with Crippen LogP contribution < -0.4 is 0 Å². The smallest absolute Gasteiger partial charge is 0.185 e.